The van der Waals surface area contributed by atoms with Crippen molar-refractivity contribution in [3.05, 3.63) is 138 Å². The molecule has 0 heterocycles. The average Bonchev–Trinajstić information content (AvgIpc) is 2.95. The lowest BCUT2D eigenvalue weighted by Gasteiger charge is -2.27. The van der Waals surface area contributed by atoms with E-state index in [0.717, 1.165) is 17.5 Å². The number of hydrogen-bond acceptors (Lipinski definition) is 3. The summed E-state index contributed by atoms with van der Waals surface area (Å²) in [5, 5.41) is 13.5. The summed E-state index contributed by atoms with van der Waals surface area (Å²) in [6.45, 7) is 3.73. The van der Waals surface area contributed by atoms with Crippen LogP contribution in [0.3, 0.4) is 0 Å². The topological polar surface area (TPSA) is 75.3 Å². The minimum absolute atomic E-state index is 0.0836. The van der Waals surface area contributed by atoms with E-state index in [1.165, 1.54) is 11.6 Å². The van der Waals surface area contributed by atoms with E-state index < -0.39 is 0 Å². The van der Waals surface area contributed by atoms with Crippen molar-refractivity contribution in [2.45, 2.75) is 25.3 Å². The monoisotopic (exact) mass is 508 g/mol. The summed E-state index contributed by atoms with van der Waals surface area (Å²) in [6, 6.07) is 31.1. The normalized spacial score (nSPS) is 12.5. The number of halogens is 1. The number of nitrogens with two attached hydrogens (primary N) is 1. The molecule has 0 radical (unpaired) electrons. The molecule has 5 heteroatoms. The van der Waals surface area contributed by atoms with Gasteiger partial charge in [-0.1, -0.05) is 85.4 Å². The predicted octanol–water partition coefficient (Wildman–Crippen LogP) is 6.00. The van der Waals surface area contributed by atoms with Crippen LogP contribution in [0, 0.1) is 11.7 Å². The molecule has 1 amide bonds. The van der Waals surface area contributed by atoms with Gasteiger partial charge >= 0.3 is 0 Å². The van der Waals surface area contributed by atoms with Crippen LogP contribution in [0.5, 0.6) is 0 Å². The highest BCUT2D eigenvalue weighted by atomic mass is 19.1. The number of amides is 1. The fraction of sp³-hybridized carbons (Fsp3) is 0.182. The molecule has 0 aliphatic carbocycles. The first-order valence-electron chi connectivity index (χ1n) is 12.8. The SMILES string of the molecule is C=C(N)c1cccc(CC(CO)C(CCc2ccccc2)NC(=O)c2ccc(-c3ccccc3F)cc2)c1. The van der Waals surface area contributed by atoms with E-state index in [-0.39, 0.29) is 30.3 Å². The van der Waals surface area contributed by atoms with Gasteiger partial charge in [-0.25, -0.2) is 4.39 Å². The molecule has 0 fully saturated rings. The highest BCUT2D eigenvalue weighted by Gasteiger charge is 2.24. The van der Waals surface area contributed by atoms with E-state index in [4.69, 9.17) is 5.73 Å². The highest BCUT2D eigenvalue weighted by Crippen LogP contribution is 2.24. The van der Waals surface area contributed by atoms with E-state index >= 15 is 0 Å². The zero-order valence-corrected chi connectivity index (χ0v) is 21.3. The smallest absolute Gasteiger partial charge is 0.251 e. The number of rotatable bonds is 11. The quantitative estimate of drug-likeness (QED) is 0.232. The largest absolute Gasteiger partial charge is 0.399 e. The third-order valence-electron chi connectivity index (χ3n) is 6.83. The van der Waals surface area contributed by atoms with Gasteiger partial charge in [0, 0.05) is 35.4 Å². The second-order valence-electron chi connectivity index (χ2n) is 9.53. The van der Waals surface area contributed by atoms with E-state index in [1.807, 2.05) is 42.5 Å². The molecule has 194 valence electrons. The Balaban J connectivity index is 1.53. The van der Waals surface area contributed by atoms with Crippen LogP contribution in [0.15, 0.2) is 110 Å². The first-order valence-corrected chi connectivity index (χ1v) is 12.8. The van der Waals surface area contributed by atoms with Crippen molar-refractivity contribution >= 4 is 11.6 Å². The standard InChI is InChI=1S/C33H33FN2O2/c1-23(35)28-11-7-10-25(20-28)21-29(22-37)32(19-14-24-8-3-2-4-9-24)36-33(38)27-17-15-26(16-18-27)30-12-5-6-13-31(30)34/h2-13,15-18,20,29,32,37H,1,14,19,21-22,35H2,(H,36,38). The van der Waals surface area contributed by atoms with Crippen LogP contribution in [-0.4, -0.2) is 23.7 Å². The molecule has 0 aromatic heterocycles. The maximum absolute atomic E-state index is 14.2. The molecule has 4 N–H and O–H groups in total. The van der Waals surface area contributed by atoms with Gasteiger partial charge in [0.2, 0.25) is 0 Å². The molecule has 4 nitrogen and oxygen atoms in total. The lowest BCUT2D eigenvalue weighted by Crippen LogP contribution is -2.43. The first kappa shape index (κ1) is 26.8. The van der Waals surface area contributed by atoms with Gasteiger partial charge in [0.1, 0.15) is 5.82 Å². The maximum Gasteiger partial charge on any atom is 0.251 e. The van der Waals surface area contributed by atoms with E-state index in [2.05, 4.69) is 24.0 Å². The predicted molar refractivity (Wildman–Crippen MR) is 152 cm³/mol. The van der Waals surface area contributed by atoms with Gasteiger partial charge in [-0.3, -0.25) is 4.79 Å². The van der Waals surface area contributed by atoms with Gasteiger partial charge in [-0.2, -0.15) is 0 Å². The van der Waals surface area contributed by atoms with Crippen molar-refractivity contribution in [2.75, 3.05) is 6.61 Å². The van der Waals surface area contributed by atoms with E-state index in [1.54, 1.807) is 42.5 Å². The summed E-state index contributed by atoms with van der Waals surface area (Å²) in [7, 11) is 0. The molecule has 0 aliphatic heterocycles. The van der Waals surface area contributed by atoms with Crippen LogP contribution in [0.1, 0.15) is 33.5 Å². The van der Waals surface area contributed by atoms with Crippen LogP contribution in [0.25, 0.3) is 16.8 Å². The lowest BCUT2D eigenvalue weighted by atomic mass is 9.88. The van der Waals surface area contributed by atoms with E-state index in [0.29, 0.717) is 35.2 Å². The third kappa shape index (κ3) is 6.96. The molecular weight excluding hydrogens is 475 g/mol. The van der Waals surface area contributed by atoms with Crippen molar-refractivity contribution in [2.24, 2.45) is 11.7 Å². The summed E-state index contributed by atoms with van der Waals surface area (Å²) in [5.74, 6) is -0.744. The summed E-state index contributed by atoms with van der Waals surface area (Å²) in [5.41, 5.74) is 11.1. The van der Waals surface area contributed by atoms with Crippen molar-refractivity contribution < 1.29 is 14.3 Å². The summed E-state index contributed by atoms with van der Waals surface area (Å²) >= 11 is 0. The molecule has 0 spiro atoms. The van der Waals surface area contributed by atoms with Gasteiger partial charge in [0.25, 0.3) is 5.91 Å². The van der Waals surface area contributed by atoms with Crippen LogP contribution in [0.2, 0.25) is 0 Å². The molecule has 2 unspecified atom stereocenters. The molecule has 4 aromatic rings. The Morgan fingerprint density at radius 3 is 2.24 bits per heavy atom. The van der Waals surface area contributed by atoms with Gasteiger partial charge in [-0.05, 0) is 65.8 Å². The Morgan fingerprint density at radius 1 is 0.868 bits per heavy atom. The number of aliphatic hydroxyl groups is 1. The fourth-order valence-corrected chi connectivity index (χ4v) is 4.68. The second kappa shape index (κ2) is 12.8. The second-order valence-corrected chi connectivity index (χ2v) is 9.53. The molecule has 4 rings (SSSR count). The Hall–Kier alpha value is -4.22. The molecule has 0 aliphatic rings. The van der Waals surface area contributed by atoms with Crippen molar-refractivity contribution in [1.29, 1.82) is 0 Å². The Bertz CT molecular complexity index is 1370. The first-order chi connectivity index (χ1) is 18.4. The van der Waals surface area contributed by atoms with Gasteiger partial charge in [-0.15, -0.1) is 0 Å². The fourth-order valence-electron chi connectivity index (χ4n) is 4.68. The number of nitrogens with one attached hydrogen (secondary N) is 1. The molecule has 0 saturated heterocycles. The van der Waals surface area contributed by atoms with Crippen LogP contribution in [-0.2, 0) is 12.8 Å². The molecule has 0 saturated carbocycles. The lowest BCUT2D eigenvalue weighted by molar-refractivity contribution is 0.0898. The zero-order chi connectivity index (χ0) is 26.9. The third-order valence-corrected chi connectivity index (χ3v) is 6.83. The molecule has 2 atom stereocenters. The zero-order valence-electron chi connectivity index (χ0n) is 21.3. The van der Waals surface area contributed by atoms with Gasteiger partial charge in [0.05, 0.1) is 0 Å². The van der Waals surface area contributed by atoms with Crippen LogP contribution >= 0.6 is 0 Å². The summed E-state index contributed by atoms with van der Waals surface area (Å²) in [6.07, 6.45) is 2.00. The number of aryl methyl sites for hydroxylation is 1. The Labute approximate surface area is 223 Å². The van der Waals surface area contributed by atoms with Crippen LogP contribution in [0.4, 0.5) is 4.39 Å². The number of aliphatic hydroxyl groups excluding tert-OH is 1. The molecule has 38 heavy (non-hydrogen) atoms. The van der Waals surface area contributed by atoms with Crippen molar-refractivity contribution in [3.8, 4) is 11.1 Å². The number of carbonyl (C=O) groups is 1. The van der Waals surface area contributed by atoms with Gasteiger partial charge < -0.3 is 16.2 Å². The Kier molecular flexibility index (Phi) is 9.07. The highest BCUT2D eigenvalue weighted by molar-refractivity contribution is 5.95. The maximum atomic E-state index is 14.2. The molecular formula is C33H33FN2O2. The van der Waals surface area contributed by atoms with Crippen LogP contribution < -0.4 is 11.1 Å². The minimum Gasteiger partial charge on any atom is -0.399 e. The van der Waals surface area contributed by atoms with Crippen molar-refractivity contribution in [1.82, 2.24) is 5.32 Å². The van der Waals surface area contributed by atoms with E-state index in [9.17, 15) is 14.3 Å². The number of hydrogen-bond donors (Lipinski definition) is 3. The van der Waals surface area contributed by atoms with Gasteiger partial charge in [0.15, 0.2) is 0 Å². The minimum atomic E-state index is -0.307. The number of carbonyl (C=O) groups excluding carboxylic acids is 1. The summed E-state index contributed by atoms with van der Waals surface area (Å²) in [4.78, 5) is 13.3. The summed E-state index contributed by atoms with van der Waals surface area (Å²) < 4.78 is 14.2. The number of benzene rings is 4. The van der Waals surface area contributed by atoms with Crippen molar-refractivity contribution in [3.63, 3.8) is 0 Å². The molecule has 0 bridgehead atoms. The Morgan fingerprint density at radius 2 is 1.55 bits per heavy atom. The average molecular weight is 509 g/mol. The molecule has 4 aromatic carbocycles.